The van der Waals surface area contributed by atoms with Gasteiger partial charge in [0.05, 0.1) is 0 Å². The first-order valence-corrected chi connectivity index (χ1v) is 7.06. The van der Waals surface area contributed by atoms with E-state index >= 15 is 0 Å². The van der Waals surface area contributed by atoms with Crippen molar-refractivity contribution < 1.29 is 24.2 Å². The minimum Gasteiger partial charge on any atom is -0.341 e. The molecule has 0 atom stereocenters. The molecule has 0 spiro atoms. The Kier molecular flexibility index (Phi) is 2.66. The summed E-state index contributed by atoms with van der Waals surface area (Å²) in [6.07, 6.45) is 2.69. The zero-order valence-electron chi connectivity index (χ0n) is 9.62. The van der Waals surface area contributed by atoms with E-state index in [0.717, 1.165) is 12.1 Å². The molecule has 0 radical (unpaired) electrons. The molecule has 1 aromatic heterocycles. The summed E-state index contributed by atoms with van der Waals surface area (Å²) < 4.78 is 62.3. The second-order valence-electron chi connectivity index (χ2n) is 3.89. The Morgan fingerprint density at radius 1 is 1.10 bits per heavy atom. The van der Waals surface area contributed by atoms with Gasteiger partial charge in [0.1, 0.15) is 4.90 Å². The van der Waals surface area contributed by atoms with Crippen LogP contribution in [0.25, 0.3) is 0 Å². The number of H-pyrrole nitrogens is 1. The number of halogens is 5. The lowest BCUT2D eigenvalue weighted by atomic mass is 10.3. The van der Waals surface area contributed by atoms with E-state index in [-0.39, 0.29) is 23.6 Å². The van der Waals surface area contributed by atoms with Gasteiger partial charge in [-0.2, -0.15) is 0 Å². The Balaban J connectivity index is 2.20. The van der Waals surface area contributed by atoms with Crippen molar-refractivity contribution in [3.63, 3.8) is 0 Å². The summed E-state index contributed by atoms with van der Waals surface area (Å²) in [6, 6.07) is 1.93. The van der Waals surface area contributed by atoms with Crippen LogP contribution in [0.3, 0.4) is 0 Å². The Labute approximate surface area is 109 Å². The highest BCUT2D eigenvalue weighted by molar-refractivity contribution is 8.45. The fraction of sp³-hybridized carbons (Fsp3) is 0. The summed E-state index contributed by atoms with van der Waals surface area (Å²) in [4.78, 5) is 15.6. The second-order valence-corrected chi connectivity index (χ2v) is 6.29. The number of anilines is 1. The van der Waals surface area contributed by atoms with Gasteiger partial charge in [-0.05, 0) is 24.3 Å². The average molecular weight is 313 g/mol. The molecule has 0 saturated carbocycles. The second kappa shape index (κ2) is 3.72. The van der Waals surface area contributed by atoms with Crippen molar-refractivity contribution in [2.24, 2.45) is 0 Å². The molecule has 10 heteroatoms. The summed E-state index contributed by atoms with van der Waals surface area (Å²) >= 11 is 0. The highest BCUT2D eigenvalue weighted by Gasteiger charge is 2.65. The first kappa shape index (κ1) is 14.3. The lowest BCUT2D eigenvalue weighted by molar-refractivity contribution is 0.101. The minimum absolute atomic E-state index is 0.0539. The third kappa shape index (κ3) is 3.26. The van der Waals surface area contributed by atoms with E-state index < -0.39 is 21.0 Å². The molecule has 2 N–H and O–H groups in total. The quantitative estimate of drug-likeness (QED) is 0.829. The molecular weight excluding hydrogens is 305 g/mol. The van der Waals surface area contributed by atoms with Gasteiger partial charge in [0, 0.05) is 18.1 Å². The number of imidazole rings is 1. The van der Waals surface area contributed by atoms with Crippen molar-refractivity contribution in [1.82, 2.24) is 9.97 Å². The number of aromatic amines is 1. The van der Waals surface area contributed by atoms with Crippen molar-refractivity contribution in [2.45, 2.75) is 4.90 Å². The number of amides is 1. The molecule has 1 amide bonds. The van der Waals surface area contributed by atoms with E-state index in [4.69, 9.17) is 0 Å². The van der Waals surface area contributed by atoms with Crippen molar-refractivity contribution >= 4 is 21.8 Å². The SMILES string of the molecule is O=C(Nc1ccc(S(F)(F)(F)(F)F)cc1)c1ncc[nH]1. The molecule has 0 aliphatic carbocycles. The molecule has 20 heavy (non-hydrogen) atoms. The number of rotatable bonds is 3. The molecular formula is C10H8F5N3OS. The van der Waals surface area contributed by atoms with Crippen molar-refractivity contribution in [1.29, 1.82) is 0 Å². The van der Waals surface area contributed by atoms with E-state index in [0.29, 0.717) is 0 Å². The van der Waals surface area contributed by atoms with E-state index in [9.17, 15) is 24.2 Å². The van der Waals surface area contributed by atoms with Crippen LogP contribution in [-0.2, 0) is 0 Å². The number of hydrogen-bond acceptors (Lipinski definition) is 2. The van der Waals surface area contributed by atoms with Crippen LogP contribution in [-0.4, -0.2) is 15.9 Å². The molecule has 0 aliphatic rings. The number of nitrogens with zero attached hydrogens (tertiary/aromatic N) is 1. The zero-order chi connectivity index (χ0) is 15.1. The first-order valence-electron chi connectivity index (χ1n) is 5.10. The topological polar surface area (TPSA) is 57.8 Å². The van der Waals surface area contributed by atoms with Crippen LogP contribution >= 0.6 is 10.2 Å². The van der Waals surface area contributed by atoms with Gasteiger partial charge in [-0.25, -0.2) is 4.98 Å². The summed E-state index contributed by atoms with van der Waals surface area (Å²) in [5.74, 6) is -0.753. The number of carbonyl (C=O) groups excluding carboxylic acids is 1. The number of nitrogens with one attached hydrogen (secondary N) is 2. The molecule has 1 aromatic carbocycles. The Bertz CT molecular complexity index is 636. The van der Waals surface area contributed by atoms with Crippen LogP contribution < -0.4 is 5.32 Å². The number of aromatic nitrogens is 2. The molecule has 4 nitrogen and oxygen atoms in total. The van der Waals surface area contributed by atoms with Crippen molar-refractivity contribution in [3.05, 3.63) is 42.5 Å². The Morgan fingerprint density at radius 2 is 1.70 bits per heavy atom. The maximum atomic E-state index is 12.5. The molecule has 2 rings (SSSR count). The minimum atomic E-state index is -9.68. The van der Waals surface area contributed by atoms with Gasteiger partial charge in [0.25, 0.3) is 5.91 Å². The maximum absolute atomic E-state index is 12.5. The van der Waals surface area contributed by atoms with E-state index in [1.165, 1.54) is 12.4 Å². The summed E-state index contributed by atoms with van der Waals surface area (Å²) in [5.41, 5.74) is -0.0583. The van der Waals surface area contributed by atoms with Crippen molar-refractivity contribution in [3.8, 4) is 0 Å². The van der Waals surface area contributed by atoms with Gasteiger partial charge in [-0.3, -0.25) is 4.79 Å². The third-order valence-corrected chi connectivity index (χ3v) is 3.43. The van der Waals surface area contributed by atoms with Crippen LogP contribution in [0.2, 0.25) is 0 Å². The number of benzene rings is 1. The van der Waals surface area contributed by atoms with Gasteiger partial charge in [-0.1, -0.05) is 19.4 Å². The molecule has 1 heterocycles. The summed E-state index contributed by atoms with van der Waals surface area (Å²) in [5, 5.41) is 2.22. The third-order valence-electron chi connectivity index (χ3n) is 2.27. The van der Waals surface area contributed by atoms with Gasteiger partial charge in [0.2, 0.25) is 0 Å². The van der Waals surface area contributed by atoms with Crippen LogP contribution in [0.1, 0.15) is 10.6 Å². The zero-order valence-corrected chi connectivity index (χ0v) is 10.4. The summed E-state index contributed by atoms with van der Waals surface area (Å²) in [6.45, 7) is 0. The highest BCUT2D eigenvalue weighted by atomic mass is 32.5. The number of hydrogen-bond donors (Lipinski definition) is 2. The Morgan fingerprint density at radius 3 is 2.15 bits per heavy atom. The molecule has 110 valence electrons. The van der Waals surface area contributed by atoms with Crippen molar-refractivity contribution in [2.75, 3.05) is 5.32 Å². The largest absolute Gasteiger partial charge is 0.341 e. The van der Waals surface area contributed by atoms with Gasteiger partial charge < -0.3 is 10.3 Å². The smallest absolute Gasteiger partial charge is 0.310 e. The molecule has 0 unspecified atom stereocenters. The molecule has 0 saturated heterocycles. The van der Waals surface area contributed by atoms with E-state index in [2.05, 4.69) is 15.3 Å². The van der Waals surface area contributed by atoms with Gasteiger partial charge in [-0.15, -0.1) is 0 Å². The fourth-order valence-corrected chi connectivity index (χ4v) is 2.03. The molecule has 0 aliphatic heterocycles. The van der Waals surface area contributed by atoms with E-state index in [1.807, 2.05) is 0 Å². The molecule has 0 bridgehead atoms. The monoisotopic (exact) mass is 313 g/mol. The van der Waals surface area contributed by atoms with Gasteiger partial charge in [0.15, 0.2) is 5.82 Å². The Hall–Kier alpha value is -2.10. The average Bonchev–Trinajstić information content (AvgIpc) is 2.79. The summed E-state index contributed by atoms with van der Waals surface area (Å²) in [7, 11) is -9.68. The molecule has 0 fully saturated rings. The predicted molar refractivity (Wildman–Crippen MR) is 64.4 cm³/mol. The fourth-order valence-electron chi connectivity index (χ4n) is 1.38. The van der Waals surface area contributed by atoms with E-state index in [1.54, 1.807) is 0 Å². The van der Waals surface area contributed by atoms with Gasteiger partial charge >= 0.3 is 10.2 Å². The normalized spacial score (nSPS) is 15.2. The standard InChI is InChI=1S/C10H8F5N3OS/c11-20(12,13,14,15)8-3-1-7(2-4-8)18-10(19)9-16-5-6-17-9/h1-6H,(H,16,17)(H,18,19). The van der Waals surface area contributed by atoms with Crippen LogP contribution in [0.4, 0.5) is 25.1 Å². The highest BCUT2D eigenvalue weighted by Crippen LogP contribution is 3.02. The molecule has 2 aromatic rings. The lowest BCUT2D eigenvalue weighted by Gasteiger charge is -2.40. The van der Waals surface area contributed by atoms with Crippen LogP contribution in [0.5, 0.6) is 0 Å². The van der Waals surface area contributed by atoms with Crippen LogP contribution in [0, 0.1) is 0 Å². The number of carbonyl (C=O) groups is 1. The van der Waals surface area contributed by atoms with Crippen LogP contribution in [0.15, 0.2) is 41.6 Å². The first-order chi connectivity index (χ1) is 8.95. The maximum Gasteiger partial charge on any atom is 0.310 e. The lowest BCUT2D eigenvalue weighted by Crippen LogP contribution is -2.13. The predicted octanol–water partition coefficient (Wildman–Crippen LogP) is 4.32.